The summed E-state index contributed by atoms with van der Waals surface area (Å²) in [6.45, 7) is 6.72. The van der Waals surface area contributed by atoms with Gasteiger partial charge in [-0.2, -0.15) is 0 Å². The Bertz CT molecular complexity index is 671. The summed E-state index contributed by atoms with van der Waals surface area (Å²) in [5.41, 5.74) is 1.71. The molecule has 0 radical (unpaired) electrons. The molecule has 0 spiro atoms. The predicted octanol–water partition coefficient (Wildman–Crippen LogP) is 2.34. The van der Waals surface area contributed by atoms with Crippen LogP contribution in [0.4, 0.5) is 5.82 Å². The standard InChI is InChI=1S/C16H19BrN4O2/c1-11-14(12(2)23-19-11)9-16(22)21-7-5-20(6-8-21)15-4-3-13(17)10-18-15/h3-4,10H,5-9H2,1-2H3. The quantitative estimate of drug-likeness (QED) is 0.819. The van der Waals surface area contributed by atoms with E-state index >= 15 is 0 Å². The average molecular weight is 379 g/mol. The van der Waals surface area contributed by atoms with Crippen LogP contribution in [0.15, 0.2) is 27.3 Å². The van der Waals surface area contributed by atoms with E-state index in [-0.39, 0.29) is 5.91 Å². The zero-order chi connectivity index (χ0) is 16.4. The van der Waals surface area contributed by atoms with Crippen LogP contribution in [-0.2, 0) is 11.2 Å². The zero-order valence-corrected chi connectivity index (χ0v) is 14.8. The fourth-order valence-electron chi connectivity index (χ4n) is 2.76. The maximum atomic E-state index is 12.5. The van der Waals surface area contributed by atoms with Gasteiger partial charge in [-0.1, -0.05) is 5.16 Å². The predicted molar refractivity (Wildman–Crippen MR) is 90.4 cm³/mol. The highest BCUT2D eigenvalue weighted by Gasteiger charge is 2.23. The number of carbonyl (C=O) groups is 1. The van der Waals surface area contributed by atoms with Crippen molar-refractivity contribution in [3.05, 3.63) is 39.8 Å². The first-order valence-corrected chi connectivity index (χ1v) is 8.40. The van der Waals surface area contributed by atoms with Crippen molar-refractivity contribution < 1.29 is 9.32 Å². The summed E-state index contributed by atoms with van der Waals surface area (Å²) >= 11 is 3.39. The second-order valence-corrected chi connectivity index (χ2v) is 6.60. The van der Waals surface area contributed by atoms with Crippen LogP contribution >= 0.6 is 15.9 Å². The van der Waals surface area contributed by atoms with Gasteiger partial charge in [0.1, 0.15) is 11.6 Å². The van der Waals surface area contributed by atoms with Crippen LogP contribution in [0, 0.1) is 13.8 Å². The third kappa shape index (κ3) is 3.55. The Kier molecular flexibility index (Phi) is 4.66. The molecular weight excluding hydrogens is 360 g/mol. The van der Waals surface area contributed by atoms with Crippen molar-refractivity contribution in [1.82, 2.24) is 15.0 Å². The highest BCUT2D eigenvalue weighted by Crippen LogP contribution is 2.18. The first-order valence-electron chi connectivity index (χ1n) is 7.60. The topological polar surface area (TPSA) is 62.5 Å². The second kappa shape index (κ2) is 6.70. The number of hydrogen-bond acceptors (Lipinski definition) is 5. The lowest BCUT2D eigenvalue weighted by molar-refractivity contribution is -0.130. The first kappa shape index (κ1) is 16.0. The molecule has 2 aromatic rings. The Balaban J connectivity index is 1.58. The molecule has 0 aliphatic carbocycles. The van der Waals surface area contributed by atoms with Crippen molar-refractivity contribution in [2.24, 2.45) is 0 Å². The highest BCUT2D eigenvalue weighted by atomic mass is 79.9. The van der Waals surface area contributed by atoms with Gasteiger partial charge in [0.05, 0.1) is 12.1 Å². The number of nitrogens with zero attached hydrogens (tertiary/aromatic N) is 4. The van der Waals surface area contributed by atoms with Crippen LogP contribution in [0.3, 0.4) is 0 Å². The summed E-state index contributed by atoms with van der Waals surface area (Å²) in [7, 11) is 0. The van der Waals surface area contributed by atoms with Gasteiger partial charge in [-0.05, 0) is 41.9 Å². The molecule has 3 rings (SSSR count). The van der Waals surface area contributed by atoms with Gasteiger partial charge in [-0.3, -0.25) is 4.79 Å². The number of hydrogen-bond donors (Lipinski definition) is 0. The Morgan fingerprint density at radius 3 is 2.57 bits per heavy atom. The number of halogens is 1. The van der Waals surface area contributed by atoms with E-state index in [9.17, 15) is 4.79 Å². The molecule has 7 heteroatoms. The molecule has 0 unspecified atom stereocenters. The summed E-state index contributed by atoms with van der Waals surface area (Å²) in [6.07, 6.45) is 2.15. The van der Waals surface area contributed by atoms with Gasteiger partial charge in [0.25, 0.3) is 0 Å². The summed E-state index contributed by atoms with van der Waals surface area (Å²) in [4.78, 5) is 21.0. The molecular formula is C16H19BrN4O2. The van der Waals surface area contributed by atoms with E-state index in [0.29, 0.717) is 19.5 Å². The first-order chi connectivity index (χ1) is 11.0. The van der Waals surface area contributed by atoms with Crippen LogP contribution in [0.2, 0.25) is 0 Å². The molecule has 6 nitrogen and oxygen atoms in total. The monoisotopic (exact) mass is 378 g/mol. The third-order valence-electron chi connectivity index (χ3n) is 4.18. The van der Waals surface area contributed by atoms with Crippen molar-refractivity contribution in [3.8, 4) is 0 Å². The molecule has 0 saturated carbocycles. The SMILES string of the molecule is Cc1noc(C)c1CC(=O)N1CCN(c2ccc(Br)cn2)CC1. The summed E-state index contributed by atoms with van der Waals surface area (Å²) in [5, 5.41) is 3.91. The zero-order valence-electron chi connectivity index (χ0n) is 13.3. The Morgan fingerprint density at radius 1 is 1.26 bits per heavy atom. The fourth-order valence-corrected chi connectivity index (χ4v) is 2.99. The third-order valence-corrected chi connectivity index (χ3v) is 4.65. The minimum Gasteiger partial charge on any atom is -0.361 e. The molecule has 2 aromatic heterocycles. The molecule has 1 aliphatic heterocycles. The lowest BCUT2D eigenvalue weighted by Crippen LogP contribution is -2.49. The molecule has 1 aliphatic rings. The number of carbonyl (C=O) groups excluding carboxylic acids is 1. The summed E-state index contributed by atoms with van der Waals surface area (Å²) < 4.78 is 6.09. The Labute approximate surface area is 143 Å². The average Bonchev–Trinajstić information content (AvgIpc) is 2.87. The number of pyridine rings is 1. The van der Waals surface area contributed by atoms with E-state index in [1.165, 1.54) is 0 Å². The van der Waals surface area contributed by atoms with Gasteiger partial charge in [-0.25, -0.2) is 4.98 Å². The molecule has 3 heterocycles. The summed E-state index contributed by atoms with van der Waals surface area (Å²) in [6, 6.07) is 3.97. The van der Waals surface area contributed by atoms with Gasteiger partial charge in [-0.15, -0.1) is 0 Å². The number of piperazine rings is 1. The molecule has 1 saturated heterocycles. The summed E-state index contributed by atoms with van der Waals surface area (Å²) in [5.74, 6) is 1.81. The number of anilines is 1. The Hall–Kier alpha value is -1.89. The highest BCUT2D eigenvalue weighted by molar-refractivity contribution is 9.10. The van der Waals surface area contributed by atoms with Gasteiger partial charge < -0.3 is 14.3 Å². The second-order valence-electron chi connectivity index (χ2n) is 5.68. The number of aromatic nitrogens is 2. The lowest BCUT2D eigenvalue weighted by Gasteiger charge is -2.35. The fraction of sp³-hybridized carbons (Fsp3) is 0.438. The van der Waals surface area contributed by atoms with E-state index in [4.69, 9.17) is 4.52 Å². The van der Waals surface area contributed by atoms with Gasteiger partial charge in [0.2, 0.25) is 5.91 Å². The normalized spacial score (nSPS) is 15.1. The van der Waals surface area contributed by atoms with E-state index in [0.717, 1.165) is 40.4 Å². The van der Waals surface area contributed by atoms with Crippen molar-refractivity contribution in [2.45, 2.75) is 20.3 Å². The van der Waals surface area contributed by atoms with E-state index in [1.54, 1.807) is 6.20 Å². The van der Waals surface area contributed by atoms with Crippen LogP contribution in [0.25, 0.3) is 0 Å². The van der Waals surface area contributed by atoms with Crippen LogP contribution < -0.4 is 4.90 Å². The van der Waals surface area contributed by atoms with Crippen molar-refractivity contribution in [3.63, 3.8) is 0 Å². The Morgan fingerprint density at radius 2 is 2.00 bits per heavy atom. The molecule has 0 aromatic carbocycles. The van der Waals surface area contributed by atoms with Crippen LogP contribution in [0.5, 0.6) is 0 Å². The van der Waals surface area contributed by atoms with Gasteiger partial charge >= 0.3 is 0 Å². The smallest absolute Gasteiger partial charge is 0.227 e. The molecule has 0 bridgehead atoms. The van der Waals surface area contributed by atoms with Crippen molar-refractivity contribution in [1.29, 1.82) is 0 Å². The maximum Gasteiger partial charge on any atom is 0.227 e. The van der Waals surface area contributed by atoms with E-state index in [2.05, 4.69) is 31.0 Å². The number of rotatable bonds is 3. The molecule has 0 N–H and O–H groups in total. The molecule has 1 fully saturated rings. The van der Waals surface area contributed by atoms with Crippen LogP contribution in [-0.4, -0.2) is 47.1 Å². The molecule has 23 heavy (non-hydrogen) atoms. The van der Waals surface area contributed by atoms with Crippen LogP contribution in [0.1, 0.15) is 17.0 Å². The van der Waals surface area contributed by atoms with Gasteiger partial charge in [0, 0.05) is 42.4 Å². The number of amides is 1. The van der Waals surface area contributed by atoms with Crippen molar-refractivity contribution in [2.75, 3.05) is 31.1 Å². The van der Waals surface area contributed by atoms with Crippen molar-refractivity contribution >= 4 is 27.7 Å². The molecule has 122 valence electrons. The maximum absolute atomic E-state index is 12.5. The molecule has 1 amide bonds. The lowest BCUT2D eigenvalue weighted by atomic mass is 10.1. The minimum absolute atomic E-state index is 0.128. The van der Waals surface area contributed by atoms with E-state index < -0.39 is 0 Å². The van der Waals surface area contributed by atoms with E-state index in [1.807, 2.05) is 30.9 Å². The minimum atomic E-state index is 0.128. The largest absolute Gasteiger partial charge is 0.361 e. The van der Waals surface area contributed by atoms with Gasteiger partial charge in [0.15, 0.2) is 0 Å². The molecule has 0 atom stereocenters. The number of aryl methyl sites for hydroxylation is 2.